The molecule has 0 unspecified atom stereocenters. The van der Waals surface area contributed by atoms with Crippen LogP contribution in [0.1, 0.15) is 38.8 Å². The minimum absolute atomic E-state index is 0.0888. The molecular formula is C30H36BrN3O4S. The Morgan fingerprint density at radius 2 is 1.51 bits per heavy atom. The quantitative estimate of drug-likeness (QED) is 0.296. The van der Waals surface area contributed by atoms with Crippen molar-refractivity contribution in [2.45, 2.75) is 51.6 Å². The van der Waals surface area contributed by atoms with Gasteiger partial charge in [0.05, 0.1) is 10.6 Å². The van der Waals surface area contributed by atoms with Gasteiger partial charge in [0, 0.05) is 17.6 Å². The second kappa shape index (κ2) is 13.8. The molecular weight excluding hydrogens is 578 g/mol. The zero-order valence-electron chi connectivity index (χ0n) is 22.8. The minimum atomic E-state index is -4.08. The number of para-hydroxylation sites is 1. The van der Waals surface area contributed by atoms with Crippen LogP contribution in [0.2, 0.25) is 0 Å². The molecule has 0 fully saturated rings. The van der Waals surface area contributed by atoms with E-state index in [4.69, 9.17) is 0 Å². The van der Waals surface area contributed by atoms with E-state index in [9.17, 15) is 18.0 Å². The lowest BCUT2D eigenvalue weighted by atomic mass is 10.1. The molecule has 0 radical (unpaired) electrons. The number of amides is 2. The molecule has 1 atom stereocenters. The highest BCUT2D eigenvalue weighted by atomic mass is 79.9. The van der Waals surface area contributed by atoms with Crippen LogP contribution in [0.15, 0.2) is 88.2 Å². The number of anilines is 1. The molecule has 9 heteroatoms. The van der Waals surface area contributed by atoms with Gasteiger partial charge in [-0.05, 0) is 60.7 Å². The molecule has 7 nitrogen and oxygen atoms in total. The first-order valence-electron chi connectivity index (χ1n) is 13.0. The Labute approximate surface area is 240 Å². The molecule has 0 aliphatic rings. The smallest absolute Gasteiger partial charge is 0.264 e. The highest BCUT2D eigenvalue weighted by Crippen LogP contribution is 2.28. The summed E-state index contributed by atoms with van der Waals surface area (Å²) in [5.41, 5.74) is 2.06. The van der Waals surface area contributed by atoms with Crippen LogP contribution in [0.3, 0.4) is 0 Å². The van der Waals surface area contributed by atoms with Gasteiger partial charge in [-0.15, -0.1) is 0 Å². The van der Waals surface area contributed by atoms with Crippen molar-refractivity contribution in [2.75, 3.05) is 17.4 Å². The fraction of sp³-hybridized carbons (Fsp3) is 0.333. The lowest BCUT2D eigenvalue weighted by Crippen LogP contribution is -2.51. The van der Waals surface area contributed by atoms with Crippen LogP contribution in [-0.2, 0) is 32.6 Å². The Morgan fingerprint density at radius 1 is 0.897 bits per heavy atom. The summed E-state index contributed by atoms with van der Waals surface area (Å²) in [7, 11) is -4.08. The third-order valence-corrected chi connectivity index (χ3v) is 8.67. The summed E-state index contributed by atoms with van der Waals surface area (Å²) >= 11 is 3.42. The Balaban J connectivity index is 2.03. The predicted octanol–water partition coefficient (Wildman–Crippen LogP) is 5.40. The van der Waals surface area contributed by atoms with Crippen LogP contribution < -0.4 is 9.62 Å². The van der Waals surface area contributed by atoms with E-state index in [1.807, 2.05) is 57.2 Å². The van der Waals surface area contributed by atoms with Crippen molar-refractivity contribution < 1.29 is 18.0 Å². The molecule has 2 amide bonds. The highest BCUT2D eigenvalue weighted by molar-refractivity contribution is 9.10. The second-order valence-electron chi connectivity index (χ2n) is 9.77. The number of nitrogens with zero attached hydrogens (tertiary/aromatic N) is 2. The van der Waals surface area contributed by atoms with Gasteiger partial charge in [0.15, 0.2) is 0 Å². The average molecular weight is 615 g/mol. The molecule has 3 aromatic carbocycles. The van der Waals surface area contributed by atoms with Gasteiger partial charge >= 0.3 is 0 Å². The van der Waals surface area contributed by atoms with Crippen LogP contribution >= 0.6 is 15.9 Å². The fourth-order valence-electron chi connectivity index (χ4n) is 4.11. The SMILES string of the molecule is CCc1ccccc1N(CC(=O)N(Cc1ccc(Br)cc1)[C@H](C)C(=O)NCC(C)C)S(=O)(=O)c1ccccc1. The molecule has 0 bridgehead atoms. The molecule has 3 aromatic rings. The lowest BCUT2D eigenvalue weighted by molar-refractivity contribution is -0.139. The van der Waals surface area contributed by atoms with Gasteiger partial charge in [-0.3, -0.25) is 13.9 Å². The first-order chi connectivity index (χ1) is 18.5. The summed E-state index contributed by atoms with van der Waals surface area (Å²) in [5.74, 6) is -0.523. The van der Waals surface area contributed by atoms with Crippen molar-refractivity contribution in [1.29, 1.82) is 0 Å². The van der Waals surface area contributed by atoms with Gasteiger partial charge in [0.1, 0.15) is 12.6 Å². The first-order valence-corrected chi connectivity index (χ1v) is 15.2. The summed E-state index contributed by atoms with van der Waals surface area (Å²) in [6.07, 6.45) is 0.585. The average Bonchev–Trinajstić information content (AvgIpc) is 2.94. The number of aryl methyl sites for hydroxylation is 1. The third-order valence-electron chi connectivity index (χ3n) is 6.37. The minimum Gasteiger partial charge on any atom is -0.354 e. The van der Waals surface area contributed by atoms with Crippen molar-refractivity contribution in [2.24, 2.45) is 5.92 Å². The first kappa shape index (κ1) is 30.4. The zero-order chi connectivity index (χ0) is 28.6. The Hall–Kier alpha value is -3.17. The van der Waals surface area contributed by atoms with E-state index < -0.39 is 28.5 Å². The van der Waals surface area contributed by atoms with Crippen molar-refractivity contribution in [3.63, 3.8) is 0 Å². The molecule has 0 saturated heterocycles. The normalized spacial score (nSPS) is 12.2. The van der Waals surface area contributed by atoms with Gasteiger partial charge in [-0.2, -0.15) is 0 Å². The Bertz CT molecular complexity index is 1360. The van der Waals surface area contributed by atoms with Crippen molar-refractivity contribution in [1.82, 2.24) is 10.2 Å². The van der Waals surface area contributed by atoms with Crippen molar-refractivity contribution in [3.8, 4) is 0 Å². The number of hydrogen-bond acceptors (Lipinski definition) is 4. The van der Waals surface area contributed by atoms with Crippen LogP contribution in [0.25, 0.3) is 0 Å². The van der Waals surface area contributed by atoms with Crippen LogP contribution in [0.4, 0.5) is 5.69 Å². The Kier molecular flexibility index (Phi) is 10.7. The van der Waals surface area contributed by atoms with E-state index in [0.717, 1.165) is 19.9 Å². The molecule has 0 aromatic heterocycles. The molecule has 0 saturated carbocycles. The highest BCUT2D eigenvalue weighted by Gasteiger charge is 2.33. The van der Waals surface area contributed by atoms with E-state index in [0.29, 0.717) is 18.7 Å². The summed E-state index contributed by atoms with van der Waals surface area (Å²) in [6.45, 7) is 7.77. The van der Waals surface area contributed by atoms with Crippen LogP contribution in [0.5, 0.6) is 0 Å². The molecule has 0 heterocycles. The number of benzene rings is 3. The predicted molar refractivity (Wildman–Crippen MR) is 159 cm³/mol. The number of sulfonamides is 1. The number of nitrogens with one attached hydrogen (secondary N) is 1. The number of carbonyl (C=O) groups is 2. The number of rotatable bonds is 12. The number of halogens is 1. The van der Waals surface area contributed by atoms with Crippen molar-refractivity contribution >= 4 is 43.5 Å². The van der Waals surface area contributed by atoms with E-state index in [-0.39, 0.29) is 23.3 Å². The van der Waals surface area contributed by atoms with E-state index >= 15 is 0 Å². The maximum atomic E-state index is 14.0. The number of hydrogen-bond donors (Lipinski definition) is 1. The topological polar surface area (TPSA) is 86.8 Å². The molecule has 3 rings (SSSR count). The van der Waals surface area contributed by atoms with E-state index in [1.165, 1.54) is 17.0 Å². The second-order valence-corrected chi connectivity index (χ2v) is 12.5. The largest absolute Gasteiger partial charge is 0.354 e. The summed E-state index contributed by atoms with van der Waals surface area (Å²) in [6, 6.07) is 21.9. The lowest BCUT2D eigenvalue weighted by Gasteiger charge is -2.32. The van der Waals surface area contributed by atoms with Crippen LogP contribution in [-0.4, -0.2) is 44.3 Å². The Morgan fingerprint density at radius 3 is 2.13 bits per heavy atom. The van der Waals surface area contributed by atoms with Crippen LogP contribution in [0, 0.1) is 5.92 Å². The standard InChI is InChI=1S/C30H36BrN3O4S/c1-5-25-11-9-10-14-28(25)34(39(37,38)27-12-7-6-8-13-27)21-29(35)33(20-24-15-17-26(31)18-16-24)23(4)30(36)32-19-22(2)3/h6-18,22-23H,5,19-21H2,1-4H3,(H,32,36)/t23-/m1/s1. The molecule has 0 aliphatic heterocycles. The van der Waals surface area contributed by atoms with Gasteiger partial charge in [-0.25, -0.2) is 8.42 Å². The van der Waals surface area contributed by atoms with Crippen molar-refractivity contribution in [3.05, 3.63) is 94.5 Å². The maximum absolute atomic E-state index is 14.0. The van der Waals surface area contributed by atoms with E-state index in [2.05, 4.69) is 21.2 Å². The summed E-state index contributed by atoms with van der Waals surface area (Å²) < 4.78 is 29.9. The van der Waals surface area contributed by atoms with E-state index in [1.54, 1.807) is 37.3 Å². The molecule has 0 spiro atoms. The number of carbonyl (C=O) groups excluding carboxylic acids is 2. The maximum Gasteiger partial charge on any atom is 0.264 e. The monoisotopic (exact) mass is 613 g/mol. The molecule has 1 N–H and O–H groups in total. The molecule has 39 heavy (non-hydrogen) atoms. The third kappa shape index (κ3) is 7.92. The van der Waals surface area contributed by atoms with Gasteiger partial charge < -0.3 is 10.2 Å². The molecule has 208 valence electrons. The van der Waals surface area contributed by atoms with Gasteiger partial charge in [0.2, 0.25) is 11.8 Å². The molecule has 0 aliphatic carbocycles. The summed E-state index contributed by atoms with van der Waals surface area (Å²) in [4.78, 5) is 28.6. The summed E-state index contributed by atoms with van der Waals surface area (Å²) in [5, 5.41) is 2.90. The van der Waals surface area contributed by atoms with Gasteiger partial charge in [0.25, 0.3) is 10.0 Å². The van der Waals surface area contributed by atoms with Gasteiger partial charge in [-0.1, -0.05) is 85.2 Å². The zero-order valence-corrected chi connectivity index (χ0v) is 25.2. The fourth-order valence-corrected chi connectivity index (χ4v) is 5.85.